The number of ether oxygens (including phenoxy) is 2. The van der Waals surface area contributed by atoms with Gasteiger partial charge in [0.15, 0.2) is 5.76 Å². The van der Waals surface area contributed by atoms with Gasteiger partial charge in [0.2, 0.25) is 5.78 Å². The van der Waals surface area contributed by atoms with E-state index in [2.05, 4.69) is 4.74 Å². The summed E-state index contributed by atoms with van der Waals surface area (Å²) in [5.74, 6) is 0.813. The van der Waals surface area contributed by atoms with Crippen LogP contribution >= 0.6 is 11.6 Å². The number of carbonyl (C=O) groups excluding carboxylic acids is 2. The van der Waals surface area contributed by atoms with Crippen molar-refractivity contribution in [1.82, 2.24) is 0 Å². The zero-order valence-corrected chi connectivity index (χ0v) is 14.9. The summed E-state index contributed by atoms with van der Waals surface area (Å²) in [4.78, 5) is 24.2. The van der Waals surface area contributed by atoms with Crippen LogP contribution in [0.5, 0.6) is 5.75 Å². The van der Waals surface area contributed by atoms with Crippen molar-refractivity contribution in [2.24, 2.45) is 0 Å². The van der Waals surface area contributed by atoms with Crippen molar-refractivity contribution in [2.45, 2.75) is 0 Å². The quantitative estimate of drug-likeness (QED) is 0.472. The second-order valence-electron chi connectivity index (χ2n) is 5.85. The summed E-state index contributed by atoms with van der Waals surface area (Å²) in [5.41, 5.74) is 1.47. The van der Waals surface area contributed by atoms with E-state index in [0.29, 0.717) is 27.9 Å². The number of methoxy groups -OCH3 is 1. The average molecular weight is 381 g/mol. The fourth-order valence-corrected chi connectivity index (χ4v) is 2.89. The Hall–Kier alpha value is -3.31. The van der Waals surface area contributed by atoms with Crippen molar-refractivity contribution in [2.75, 3.05) is 7.11 Å². The van der Waals surface area contributed by atoms with Gasteiger partial charge in [-0.3, -0.25) is 4.79 Å². The Kier molecular flexibility index (Phi) is 4.30. The van der Waals surface area contributed by atoms with Gasteiger partial charge in [-0.05, 0) is 54.6 Å². The lowest BCUT2D eigenvalue weighted by molar-refractivity contribution is 0.0600. The summed E-state index contributed by atoms with van der Waals surface area (Å²) in [6.45, 7) is 0. The Bertz CT molecular complexity index is 1080. The van der Waals surface area contributed by atoms with E-state index in [4.69, 9.17) is 20.8 Å². The number of benzene rings is 2. The number of fused-ring (bicyclic) bond motifs is 1. The van der Waals surface area contributed by atoms with E-state index in [1.54, 1.807) is 36.4 Å². The first-order valence-corrected chi connectivity index (χ1v) is 8.45. The number of hydrogen-bond donors (Lipinski definition) is 0. The molecule has 134 valence electrons. The molecule has 1 aliphatic heterocycles. The first-order chi connectivity index (χ1) is 13.0. The number of carbonyl (C=O) groups is 2. The van der Waals surface area contributed by atoms with Crippen LogP contribution in [0.15, 0.2) is 64.8 Å². The lowest BCUT2D eigenvalue weighted by Gasteiger charge is -2.00. The van der Waals surface area contributed by atoms with Gasteiger partial charge in [0.05, 0.1) is 18.2 Å². The van der Waals surface area contributed by atoms with E-state index < -0.39 is 5.97 Å². The van der Waals surface area contributed by atoms with E-state index in [1.807, 2.05) is 12.1 Å². The van der Waals surface area contributed by atoms with Crippen LogP contribution in [0.4, 0.5) is 0 Å². The Morgan fingerprint density at radius 1 is 1.07 bits per heavy atom. The number of hydrogen-bond acceptors (Lipinski definition) is 5. The SMILES string of the molecule is COC(=O)c1ccc2c(c1)C(=O)/C(=C/c1ccc(-c3ccc(Cl)cc3)o1)O2. The van der Waals surface area contributed by atoms with Crippen molar-refractivity contribution >= 4 is 29.4 Å². The Morgan fingerprint density at radius 3 is 2.59 bits per heavy atom. The third-order valence-electron chi connectivity index (χ3n) is 4.12. The molecule has 0 fully saturated rings. The van der Waals surface area contributed by atoms with Gasteiger partial charge >= 0.3 is 5.97 Å². The monoisotopic (exact) mass is 380 g/mol. The van der Waals surface area contributed by atoms with Crippen LogP contribution in [0.2, 0.25) is 5.02 Å². The zero-order valence-electron chi connectivity index (χ0n) is 14.2. The fraction of sp³-hybridized carbons (Fsp3) is 0.0476. The molecule has 2 aromatic carbocycles. The highest BCUT2D eigenvalue weighted by Crippen LogP contribution is 2.33. The minimum atomic E-state index is -0.512. The van der Waals surface area contributed by atoms with Crippen molar-refractivity contribution in [3.63, 3.8) is 0 Å². The molecule has 0 spiro atoms. The molecule has 6 heteroatoms. The van der Waals surface area contributed by atoms with Crippen molar-refractivity contribution in [3.8, 4) is 17.1 Å². The topological polar surface area (TPSA) is 65.7 Å². The number of rotatable bonds is 3. The van der Waals surface area contributed by atoms with Crippen molar-refractivity contribution < 1.29 is 23.5 Å². The third kappa shape index (κ3) is 3.25. The van der Waals surface area contributed by atoms with Gasteiger partial charge in [-0.15, -0.1) is 0 Å². The lowest BCUT2D eigenvalue weighted by atomic mass is 10.1. The van der Waals surface area contributed by atoms with Crippen LogP contribution in [0.1, 0.15) is 26.5 Å². The molecule has 0 aliphatic carbocycles. The molecule has 3 aromatic rings. The molecule has 0 unspecified atom stereocenters. The zero-order chi connectivity index (χ0) is 19.0. The van der Waals surface area contributed by atoms with E-state index in [1.165, 1.54) is 19.3 Å². The molecule has 0 atom stereocenters. The molecule has 1 aromatic heterocycles. The predicted octanol–water partition coefficient (Wildman–Crippen LogP) is 5.00. The van der Waals surface area contributed by atoms with Gasteiger partial charge in [0.1, 0.15) is 17.3 Å². The molecule has 2 heterocycles. The second-order valence-corrected chi connectivity index (χ2v) is 6.29. The maximum atomic E-state index is 12.6. The Morgan fingerprint density at radius 2 is 1.85 bits per heavy atom. The molecular weight excluding hydrogens is 368 g/mol. The molecular formula is C21H13ClO5. The van der Waals surface area contributed by atoms with Crippen molar-refractivity contribution in [1.29, 1.82) is 0 Å². The maximum absolute atomic E-state index is 12.6. The molecule has 0 saturated heterocycles. The van der Waals surface area contributed by atoms with Crippen LogP contribution in [0.3, 0.4) is 0 Å². The van der Waals surface area contributed by atoms with Crippen molar-refractivity contribution in [3.05, 3.63) is 82.3 Å². The second kappa shape index (κ2) is 6.78. The average Bonchev–Trinajstić information content (AvgIpc) is 3.27. The minimum Gasteiger partial charge on any atom is -0.465 e. The largest absolute Gasteiger partial charge is 0.465 e. The van der Waals surface area contributed by atoms with Crippen LogP contribution in [0, 0.1) is 0 Å². The molecule has 0 N–H and O–H groups in total. The van der Waals surface area contributed by atoms with Gasteiger partial charge in [-0.1, -0.05) is 11.6 Å². The highest BCUT2D eigenvalue weighted by molar-refractivity contribution is 6.30. The number of Topliss-reactive ketones (excluding diaryl/α,β-unsaturated/α-hetero) is 1. The minimum absolute atomic E-state index is 0.129. The number of furan rings is 1. The third-order valence-corrected chi connectivity index (χ3v) is 4.37. The smallest absolute Gasteiger partial charge is 0.337 e. The molecule has 27 heavy (non-hydrogen) atoms. The van der Waals surface area contributed by atoms with Gasteiger partial charge in [-0.25, -0.2) is 4.79 Å². The van der Waals surface area contributed by atoms with E-state index in [0.717, 1.165) is 5.56 Å². The number of halogens is 1. The first-order valence-electron chi connectivity index (χ1n) is 8.07. The molecule has 0 saturated carbocycles. The van der Waals surface area contributed by atoms with E-state index in [9.17, 15) is 9.59 Å². The summed E-state index contributed by atoms with van der Waals surface area (Å²) in [7, 11) is 1.29. The summed E-state index contributed by atoms with van der Waals surface area (Å²) < 4.78 is 16.1. The van der Waals surface area contributed by atoms with Crippen LogP contribution in [0.25, 0.3) is 17.4 Å². The Labute approximate surface area is 159 Å². The standard InChI is InChI=1S/C21H13ClO5/c1-25-21(24)13-4-8-18-16(10-13)20(23)19(27-18)11-15-7-9-17(26-15)12-2-5-14(22)6-3-12/h2-11H,1H3/b19-11-. The summed E-state index contributed by atoms with van der Waals surface area (Å²) in [6, 6.07) is 15.4. The number of ketones is 1. The van der Waals surface area contributed by atoms with Gasteiger partial charge in [0, 0.05) is 16.7 Å². The first kappa shape index (κ1) is 17.1. The predicted molar refractivity (Wildman–Crippen MR) is 99.9 cm³/mol. The van der Waals surface area contributed by atoms with E-state index in [-0.39, 0.29) is 17.1 Å². The number of esters is 1. The van der Waals surface area contributed by atoms with Gasteiger partial charge < -0.3 is 13.9 Å². The molecule has 0 radical (unpaired) electrons. The highest BCUT2D eigenvalue weighted by atomic mass is 35.5. The van der Waals surface area contributed by atoms with Crippen LogP contribution in [-0.2, 0) is 4.74 Å². The molecule has 0 amide bonds. The molecule has 0 bridgehead atoms. The normalized spacial score (nSPS) is 14.1. The van der Waals surface area contributed by atoms with Gasteiger partial charge in [-0.2, -0.15) is 0 Å². The maximum Gasteiger partial charge on any atom is 0.337 e. The van der Waals surface area contributed by atoms with Crippen LogP contribution < -0.4 is 4.74 Å². The summed E-state index contributed by atoms with van der Waals surface area (Å²) >= 11 is 5.89. The molecule has 1 aliphatic rings. The number of allylic oxidation sites excluding steroid dienone is 1. The lowest BCUT2D eigenvalue weighted by Crippen LogP contribution is -2.02. The van der Waals surface area contributed by atoms with Gasteiger partial charge in [0.25, 0.3) is 0 Å². The fourth-order valence-electron chi connectivity index (χ4n) is 2.76. The summed E-state index contributed by atoms with van der Waals surface area (Å²) in [5, 5.41) is 0.640. The highest BCUT2D eigenvalue weighted by Gasteiger charge is 2.28. The Balaban J connectivity index is 1.61. The summed E-state index contributed by atoms with van der Waals surface area (Å²) in [6.07, 6.45) is 1.53. The van der Waals surface area contributed by atoms with E-state index >= 15 is 0 Å². The van der Waals surface area contributed by atoms with Crippen LogP contribution in [-0.4, -0.2) is 18.9 Å². The molecule has 5 nitrogen and oxygen atoms in total. The molecule has 4 rings (SSSR count).